The van der Waals surface area contributed by atoms with Crippen molar-refractivity contribution in [2.45, 2.75) is 17.6 Å². The molecule has 26 heavy (non-hydrogen) atoms. The molecule has 1 N–H and O–H groups in total. The minimum atomic E-state index is -4.55. The average Bonchev–Trinajstić information content (AvgIpc) is 3.04. The van der Waals surface area contributed by atoms with Gasteiger partial charge in [-0.15, -0.1) is 11.8 Å². The third-order valence-corrected chi connectivity index (χ3v) is 4.62. The first-order chi connectivity index (χ1) is 12.3. The average molecular weight is 379 g/mol. The van der Waals surface area contributed by atoms with E-state index in [2.05, 4.69) is 9.97 Å². The highest BCUT2D eigenvalue weighted by molar-refractivity contribution is 7.98. The van der Waals surface area contributed by atoms with Crippen LogP contribution in [0.25, 0.3) is 11.0 Å². The standard InChI is InChI=1S/C18H16F3N3OS/c1-24(10-11-4-3-5-13(8-11)26-2)16(25)12-6-7-14-15(9-12)23-17(22-14)18(19,20)21/h3-9H,10H2,1-2H3,(H,22,23). The number of halogens is 3. The van der Waals surface area contributed by atoms with Crippen molar-refractivity contribution in [1.29, 1.82) is 0 Å². The van der Waals surface area contributed by atoms with Crippen molar-refractivity contribution in [3.63, 3.8) is 0 Å². The molecule has 0 aliphatic heterocycles. The highest BCUT2D eigenvalue weighted by Crippen LogP contribution is 2.29. The van der Waals surface area contributed by atoms with Gasteiger partial charge in [-0.1, -0.05) is 12.1 Å². The van der Waals surface area contributed by atoms with Gasteiger partial charge in [0.15, 0.2) is 0 Å². The molecular weight excluding hydrogens is 363 g/mol. The van der Waals surface area contributed by atoms with Gasteiger partial charge < -0.3 is 9.88 Å². The molecule has 0 spiro atoms. The molecular formula is C18H16F3N3OS. The van der Waals surface area contributed by atoms with Gasteiger partial charge in [-0.05, 0) is 42.2 Å². The van der Waals surface area contributed by atoms with Crippen LogP contribution in [0.3, 0.4) is 0 Å². The number of hydrogen-bond acceptors (Lipinski definition) is 3. The van der Waals surface area contributed by atoms with Crippen LogP contribution in [-0.2, 0) is 12.7 Å². The Kier molecular flexibility index (Phi) is 4.95. The summed E-state index contributed by atoms with van der Waals surface area (Å²) in [6.45, 7) is 0.405. The predicted molar refractivity (Wildman–Crippen MR) is 95.1 cm³/mol. The quantitative estimate of drug-likeness (QED) is 0.676. The molecule has 0 bridgehead atoms. The molecule has 3 aromatic rings. The van der Waals surface area contributed by atoms with Crippen molar-refractivity contribution in [2.75, 3.05) is 13.3 Å². The molecule has 0 aliphatic carbocycles. The number of alkyl halides is 3. The van der Waals surface area contributed by atoms with Gasteiger partial charge in [-0.3, -0.25) is 4.79 Å². The van der Waals surface area contributed by atoms with Gasteiger partial charge in [0, 0.05) is 24.1 Å². The van der Waals surface area contributed by atoms with Crippen LogP contribution in [0, 0.1) is 0 Å². The molecule has 0 saturated carbocycles. The van der Waals surface area contributed by atoms with E-state index in [4.69, 9.17) is 0 Å². The first kappa shape index (κ1) is 18.3. The van der Waals surface area contributed by atoms with Gasteiger partial charge in [-0.2, -0.15) is 13.2 Å². The van der Waals surface area contributed by atoms with E-state index in [1.165, 1.54) is 23.1 Å². The molecule has 0 saturated heterocycles. The lowest BCUT2D eigenvalue weighted by molar-refractivity contribution is -0.144. The monoisotopic (exact) mass is 379 g/mol. The summed E-state index contributed by atoms with van der Waals surface area (Å²) in [7, 11) is 1.66. The summed E-state index contributed by atoms with van der Waals surface area (Å²) in [6.07, 6.45) is -2.58. The highest BCUT2D eigenvalue weighted by Gasteiger charge is 2.34. The Balaban J connectivity index is 1.82. The van der Waals surface area contributed by atoms with Crippen molar-refractivity contribution in [2.24, 2.45) is 0 Å². The Labute approximate surface area is 152 Å². The summed E-state index contributed by atoms with van der Waals surface area (Å²) in [5.41, 5.74) is 1.64. The first-order valence-electron chi connectivity index (χ1n) is 7.73. The van der Waals surface area contributed by atoms with Gasteiger partial charge in [-0.25, -0.2) is 4.98 Å². The zero-order valence-corrected chi connectivity index (χ0v) is 14.9. The molecule has 0 radical (unpaired) electrons. The van der Waals surface area contributed by atoms with Crippen LogP contribution in [0.2, 0.25) is 0 Å². The number of carbonyl (C=O) groups is 1. The number of aromatic amines is 1. The fourth-order valence-corrected chi connectivity index (χ4v) is 3.10. The third kappa shape index (κ3) is 3.85. The van der Waals surface area contributed by atoms with E-state index in [1.807, 2.05) is 30.5 Å². The Morgan fingerprint density at radius 3 is 2.69 bits per heavy atom. The maximum atomic E-state index is 12.7. The molecule has 0 unspecified atom stereocenters. The number of hydrogen-bond donors (Lipinski definition) is 1. The SMILES string of the molecule is CSc1cccc(CN(C)C(=O)c2ccc3nc(C(F)(F)F)[nH]c3c2)c1. The number of carbonyl (C=O) groups excluding carboxylic acids is 1. The van der Waals surface area contributed by atoms with E-state index in [9.17, 15) is 18.0 Å². The van der Waals surface area contributed by atoms with Crippen molar-refractivity contribution in [3.05, 3.63) is 59.4 Å². The second-order valence-corrected chi connectivity index (χ2v) is 6.71. The smallest absolute Gasteiger partial charge is 0.337 e. The van der Waals surface area contributed by atoms with Crippen LogP contribution in [0.5, 0.6) is 0 Å². The summed E-state index contributed by atoms with van der Waals surface area (Å²) in [5, 5.41) is 0. The van der Waals surface area contributed by atoms with Crippen LogP contribution in [-0.4, -0.2) is 34.1 Å². The van der Waals surface area contributed by atoms with Crippen LogP contribution in [0.15, 0.2) is 47.4 Å². The molecule has 2 aromatic carbocycles. The number of benzene rings is 2. The third-order valence-electron chi connectivity index (χ3n) is 3.90. The molecule has 3 rings (SSSR count). The Morgan fingerprint density at radius 2 is 2.00 bits per heavy atom. The topological polar surface area (TPSA) is 49.0 Å². The lowest BCUT2D eigenvalue weighted by Gasteiger charge is -2.17. The largest absolute Gasteiger partial charge is 0.449 e. The number of imidazole rings is 1. The lowest BCUT2D eigenvalue weighted by Crippen LogP contribution is -2.26. The fraction of sp³-hybridized carbons (Fsp3) is 0.222. The van der Waals surface area contributed by atoms with Gasteiger partial charge in [0.1, 0.15) is 0 Å². The Morgan fingerprint density at radius 1 is 1.23 bits per heavy atom. The van der Waals surface area contributed by atoms with E-state index < -0.39 is 12.0 Å². The molecule has 136 valence electrons. The minimum Gasteiger partial charge on any atom is -0.337 e. The van der Waals surface area contributed by atoms with Crippen molar-refractivity contribution < 1.29 is 18.0 Å². The number of amides is 1. The molecule has 1 aromatic heterocycles. The van der Waals surface area contributed by atoms with Crippen molar-refractivity contribution >= 4 is 28.7 Å². The zero-order valence-electron chi connectivity index (χ0n) is 14.1. The van der Waals surface area contributed by atoms with Crippen molar-refractivity contribution in [1.82, 2.24) is 14.9 Å². The molecule has 4 nitrogen and oxygen atoms in total. The minimum absolute atomic E-state index is 0.171. The normalized spacial score (nSPS) is 11.7. The number of aromatic nitrogens is 2. The number of thioether (sulfide) groups is 1. The van der Waals surface area contributed by atoms with Crippen LogP contribution in [0.1, 0.15) is 21.7 Å². The first-order valence-corrected chi connectivity index (χ1v) is 8.96. The molecule has 0 aliphatic rings. The summed E-state index contributed by atoms with van der Waals surface area (Å²) in [6, 6.07) is 12.1. The van der Waals surface area contributed by atoms with E-state index >= 15 is 0 Å². The van der Waals surface area contributed by atoms with Gasteiger partial charge in [0.2, 0.25) is 5.82 Å². The number of rotatable bonds is 4. The molecule has 8 heteroatoms. The summed E-state index contributed by atoms with van der Waals surface area (Å²) in [5.74, 6) is -1.34. The maximum Gasteiger partial charge on any atom is 0.449 e. The van der Waals surface area contributed by atoms with Crippen LogP contribution < -0.4 is 0 Å². The summed E-state index contributed by atoms with van der Waals surface area (Å²) >= 11 is 1.61. The number of nitrogens with zero attached hydrogens (tertiary/aromatic N) is 2. The number of fused-ring (bicyclic) bond motifs is 1. The second-order valence-electron chi connectivity index (χ2n) is 5.83. The van der Waals surface area contributed by atoms with E-state index in [1.54, 1.807) is 18.8 Å². The molecule has 1 amide bonds. The number of H-pyrrole nitrogens is 1. The maximum absolute atomic E-state index is 12.7. The highest BCUT2D eigenvalue weighted by atomic mass is 32.2. The van der Waals surface area contributed by atoms with Crippen LogP contribution >= 0.6 is 11.8 Å². The molecule has 0 atom stereocenters. The van der Waals surface area contributed by atoms with E-state index in [0.717, 1.165) is 10.5 Å². The van der Waals surface area contributed by atoms with Gasteiger partial charge in [0.05, 0.1) is 11.0 Å². The molecule has 1 heterocycles. The Bertz CT molecular complexity index is 952. The zero-order chi connectivity index (χ0) is 18.9. The lowest BCUT2D eigenvalue weighted by atomic mass is 10.1. The Hall–Kier alpha value is -2.48. The van der Waals surface area contributed by atoms with Crippen LogP contribution in [0.4, 0.5) is 13.2 Å². The van der Waals surface area contributed by atoms with E-state index in [0.29, 0.717) is 12.1 Å². The van der Waals surface area contributed by atoms with E-state index in [-0.39, 0.29) is 16.9 Å². The van der Waals surface area contributed by atoms with Crippen molar-refractivity contribution in [3.8, 4) is 0 Å². The van der Waals surface area contributed by atoms with Gasteiger partial charge >= 0.3 is 6.18 Å². The number of nitrogens with one attached hydrogen (secondary N) is 1. The summed E-state index contributed by atoms with van der Waals surface area (Å²) in [4.78, 5) is 21.0. The predicted octanol–water partition coefficient (Wildman–Crippen LogP) is 4.58. The van der Waals surface area contributed by atoms with Gasteiger partial charge in [0.25, 0.3) is 5.91 Å². The summed E-state index contributed by atoms with van der Waals surface area (Å²) < 4.78 is 38.2. The molecule has 0 fully saturated rings. The fourth-order valence-electron chi connectivity index (χ4n) is 2.61. The second kappa shape index (κ2) is 7.03.